The third-order valence-corrected chi connectivity index (χ3v) is 8.58. The summed E-state index contributed by atoms with van der Waals surface area (Å²) >= 11 is 0. The van der Waals surface area contributed by atoms with Crippen molar-refractivity contribution in [2.24, 2.45) is 0 Å². The number of hydrogen-bond donors (Lipinski definition) is 0. The molecule has 0 unspecified atom stereocenters. The Morgan fingerprint density at radius 2 is 1.08 bits per heavy atom. The minimum atomic E-state index is -1.18. The van der Waals surface area contributed by atoms with Gasteiger partial charge in [-0.15, -0.1) is 0 Å². The molecule has 0 N–H and O–H groups in total. The lowest BCUT2D eigenvalue weighted by Gasteiger charge is -2.35. The average molecular weight is 373 g/mol. The summed E-state index contributed by atoms with van der Waals surface area (Å²) in [4.78, 5) is 0. The van der Waals surface area contributed by atoms with Crippen molar-refractivity contribution >= 4 is 21.3 Å². The van der Waals surface area contributed by atoms with Gasteiger partial charge < -0.3 is 0 Å². The summed E-state index contributed by atoms with van der Waals surface area (Å²) in [6, 6.07) is 11.2. The van der Waals surface area contributed by atoms with E-state index in [-0.39, 0.29) is 31.1 Å². The fourth-order valence-corrected chi connectivity index (χ4v) is 6.30. The third-order valence-electron chi connectivity index (χ3n) is 4.14. The first kappa shape index (κ1) is 31.4. The van der Waals surface area contributed by atoms with Crippen LogP contribution in [0.2, 0.25) is 44.8 Å². The minimum absolute atomic E-state index is 0. The third kappa shape index (κ3) is 12.1. The van der Waals surface area contributed by atoms with Gasteiger partial charge in [-0.05, 0) is 5.54 Å². The van der Waals surface area contributed by atoms with Crippen molar-refractivity contribution in [3.63, 3.8) is 0 Å². The van der Waals surface area contributed by atoms with E-state index in [2.05, 4.69) is 69.6 Å². The zero-order chi connectivity index (χ0) is 15.2. The summed E-state index contributed by atoms with van der Waals surface area (Å²) in [5.41, 5.74) is 1.02. The van der Waals surface area contributed by atoms with E-state index in [0.29, 0.717) is 0 Å². The second-order valence-electron chi connectivity index (χ2n) is 8.42. The molecule has 148 valence electrons. The summed E-state index contributed by atoms with van der Waals surface area (Å²) < 4.78 is 0. The van der Waals surface area contributed by atoms with Gasteiger partial charge in [0.1, 0.15) is 0 Å². The molecule has 1 aliphatic rings. The van der Waals surface area contributed by atoms with Crippen LogP contribution in [0, 0.1) is 0 Å². The Balaban J connectivity index is -0.000000120. The molecule has 24 heavy (non-hydrogen) atoms. The average Bonchev–Trinajstić information content (AvgIpc) is 2.39. The van der Waals surface area contributed by atoms with Gasteiger partial charge in [0.15, 0.2) is 0 Å². The van der Waals surface area contributed by atoms with Gasteiger partial charge in [0, 0.05) is 9.50 Å². The van der Waals surface area contributed by atoms with Gasteiger partial charge in [0.25, 0.3) is 0 Å². The molecule has 0 amide bonds. The largest absolute Gasteiger partial charge is 0.0836 e. The van der Waals surface area contributed by atoms with Crippen molar-refractivity contribution in [2.45, 2.75) is 107 Å². The van der Waals surface area contributed by atoms with Gasteiger partial charge >= 0.3 is 0 Å². The van der Waals surface area contributed by atoms with E-state index in [4.69, 9.17) is 0 Å². The molecule has 0 aliphatic heterocycles. The maximum absolute atomic E-state index is 2.55. The van der Waals surface area contributed by atoms with Gasteiger partial charge in [0.2, 0.25) is 0 Å². The molecule has 0 radical (unpaired) electrons. The SMILES string of the molecule is C.C.C.C.C[Si](C)(C)C.C[Si](C)(c1ccccc1)C1CCCCC1.[HH]. The Hall–Kier alpha value is -0.346. The summed E-state index contributed by atoms with van der Waals surface area (Å²) in [6.45, 7) is 14.4. The van der Waals surface area contributed by atoms with Crippen LogP contribution in [0.4, 0.5) is 0 Å². The van der Waals surface area contributed by atoms with Crippen LogP contribution in [0.3, 0.4) is 0 Å². The van der Waals surface area contributed by atoms with Crippen molar-refractivity contribution in [3.05, 3.63) is 30.3 Å². The first-order valence-electron chi connectivity index (χ1n) is 8.27. The number of rotatable bonds is 2. The van der Waals surface area contributed by atoms with Crippen molar-refractivity contribution in [1.82, 2.24) is 0 Å². The molecule has 0 heterocycles. The lowest BCUT2D eigenvalue weighted by molar-refractivity contribution is 0.494. The van der Waals surface area contributed by atoms with E-state index in [1.807, 2.05) is 0 Å². The van der Waals surface area contributed by atoms with E-state index in [9.17, 15) is 0 Å². The Kier molecular flexibility index (Phi) is 18.2. The van der Waals surface area contributed by atoms with E-state index < -0.39 is 16.1 Å². The summed E-state index contributed by atoms with van der Waals surface area (Å²) in [5, 5.41) is 1.65. The Bertz CT molecular complexity index is 371. The fourth-order valence-electron chi connectivity index (χ4n) is 2.93. The molecule has 1 aromatic rings. The predicted octanol–water partition coefficient (Wildman–Crippen LogP) is 8.68. The topological polar surface area (TPSA) is 0 Å². The van der Waals surface area contributed by atoms with E-state index in [0.717, 1.165) is 5.54 Å². The lowest BCUT2D eigenvalue weighted by Crippen LogP contribution is -2.46. The highest BCUT2D eigenvalue weighted by molar-refractivity contribution is 6.91. The molecule has 0 nitrogen and oxygen atoms in total. The Morgan fingerprint density at radius 3 is 1.46 bits per heavy atom. The highest BCUT2D eigenvalue weighted by Crippen LogP contribution is 2.36. The van der Waals surface area contributed by atoms with E-state index >= 15 is 0 Å². The first-order chi connectivity index (χ1) is 9.21. The molecule has 0 aromatic heterocycles. The van der Waals surface area contributed by atoms with Crippen LogP contribution in [-0.2, 0) is 0 Å². The molecule has 1 fully saturated rings. The van der Waals surface area contributed by atoms with Gasteiger partial charge in [-0.3, -0.25) is 0 Å². The van der Waals surface area contributed by atoms with Crippen LogP contribution in [0.15, 0.2) is 30.3 Å². The van der Waals surface area contributed by atoms with Crippen molar-refractivity contribution in [2.75, 3.05) is 0 Å². The number of hydrogen-bond acceptors (Lipinski definition) is 0. The Morgan fingerprint density at radius 1 is 0.708 bits per heavy atom. The number of benzene rings is 1. The standard InChI is InChI=1S/C14H22Si.C4H12Si.4CH4.H2/c1-15(2,13-9-5-3-6-10-13)14-11-7-4-8-12-14;1-5(2,3)4;;;;;/h3,5-6,9-10,14H,4,7-8,11-12H2,1-2H3;1-4H3;4*1H4;1H. The zero-order valence-corrected chi connectivity index (χ0v) is 16.5. The lowest BCUT2D eigenvalue weighted by atomic mass is 10.0. The van der Waals surface area contributed by atoms with Crippen LogP contribution < -0.4 is 5.19 Å². The predicted molar refractivity (Wildman–Crippen MR) is 129 cm³/mol. The first-order valence-corrected chi connectivity index (χ1v) is 15.3. The molecule has 1 saturated carbocycles. The van der Waals surface area contributed by atoms with Crippen LogP contribution in [0.1, 0.15) is 63.2 Å². The van der Waals surface area contributed by atoms with Gasteiger partial charge in [-0.25, -0.2) is 0 Å². The quantitative estimate of drug-likeness (QED) is 0.455. The molecule has 2 rings (SSSR count). The van der Waals surface area contributed by atoms with Gasteiger partial charge in [0.05, 0.1) is 8.07 Å². The summed E-state index contributed by atoms with van der Waals surface area (Å²) in [5.74, 6) is 0. The summed E-state index contributed by atoms with van der Waals surface area (Å²) in [7, 11) is -1.79. The fraction of sp³-hybridized carbons (Fsp3) is 0.727. The molecule has 1 aromatic carbocycles. The molecule has 2 heteroatoms. The second-order valence-corrected chi connectivity index (χ2v) is 19.3. The van der Waals surface area contributed by atoms with Crippen LogP contribution in [0.25, 0.3) is 0 Å². The van der Waals surface area contributed by atoms with Crippen LogP contribution in [-0.4, -0.2) is 16.1 Å². The highest BCUT2D eigenvalue weighted by Gasteiger charge is 2.33. The maximum Gasteiger partial charge on any atom is 0.0836 e. The molecule has 0 bridgehead atoms. The molecular weight excluding hydrogens is 320 g/mol. The van der Waals surface area contributed by atoms with E-state index in [1.165, 1.54) is 32.1 Å². The molecule has 1 aliphatic carbocycles. The van der Waals surface area contributed by atoms with Crippen molar-refractivity contribution < 1.29 is 1.43 Å². The molecule has 0 atom stereocenters. The maximum atomic E-state index is 2.55. The molecular formula is C22H52Si2. The van der Waals surface area contributed by atoms with E-state index in [1.54, 1.807) is 5.19 Å². The van der Waals surface area contributed by atoms with Gasteiger partial charge in [-0.2, -0.15) is 0 Å². The Labute approximate surface area is 160 Å². The zero-order valence-electron chi connectivity index (χ0n) is 14.5. The van der Waals surface area contributed by atoms with Crippen LogP contribution in [0.5, 0.6) is 0 Å². The van der Waals surface area contributed by atoms with Crippen molar-refractivity contribution in [3.8, 4) is 0 Å². The smallest absolute Gasteiger partial charge is 0.0776 e. The van der Waals surface area contributed by atoms with Crippen LogP contribution >= 0.6 is 0 Å². The molecule has 0 saturated heterocycles. The normalized spacial score (nSPS) is 14.4. The summed E-state index contributed by atoms with van der Waals surface area (Å²) in [6.07, 6.45) is 7.36. The monoisotopic (exact) mass is 372 g/mol. The minimum Gasteiger partial charge on any atom is -0.0776 e. The van der Waals surface area contributed by atoms with Crippen molar-refractivity contribution in [1.29, 1.82) is 0 Å². The second kappa shape index (κ2) is 13.9. The molecule has 0 spiro atoms. The van der Waals surface area contributed by atoms with Gasteiger partial charge in [-0.1, -0.05) is 137 Å². The highest BCUT2D eigenvalue weighted by atomic mass is 28.3.